The van der Waals surface area contributed by atoms with Crippen LogP contribution >= 0.6 is 0 Å². The predicted molar refractivity (Wildman–Crippen MR) is 58.2 cm³/mol. The number of alkyl halides is 3. The van der Waals surface area contributed by atoms with Gasteiger partial charge in [0.05, 0.1) is 19.8 Å². The van der Waals surface area contributed by atoms with Crippen LogP contribution in [0.1, 0.15) is 17.0 Å². The van der Waals surface area contributed by atoms with Gasteiger partial charge in [0.2, 0.25) is 0 Å². The summed E-state index contributed by atoms with van der Waals surface area (Å²) in [5.41, 5.74) is -0.795. The second kappa shape index (κ2) is 5.73. The van der Waals surface area contributed by atoms with Crippen molar-refractivity contribution in [2.24, 2.45) is 0 Å². The molecule has 0 aliphatic rings. The fraction of sp³-hybridized carbons (Fsp3) is 0.333. The van der Waals surface area contributed by atoms with Gasteiger partial charge in [-0.1, -0.05) is 12.1 Å². The van der Waals surface area contributed by atoms with Gasteiger partial charge in [-0.3, -0.25) is 9.59 Å². The first-order valence-corrected chi connectivity index (χ1v) is 5.14. The molecule has 0 unspecified atom stereocenters. The molecule has 0 aliphatic heterocycles. The Bertz CT molecular complexity index is 449. The summed E-state index contributed by atoms with van der Waals surface area (Å²) in [5.74, 6) is -3.18. The second-order valence-corrected chi connectivity index (χ2v) is 3.60. The predicted octanol–water partition coefficient (Wildman–Crippen LogP) is 2.13. The number of halogens is 3. The molecule has 0 saturated carbocycles. The van der Waals surface area contributed by atoms with E-state index in [1.54, 1.807) is 0 Å². The SMILES string of the molecule is COC(=O)C(C(=O)OC)c1ccc(C(F)(F)F)cc1. The van der Waals surface area contributed by atoms with Crippen LogP contribution in [0.3, 0.4) is 0 Å². The minimum Gasteiger partial charge on any atom is -0.468 e. The third-order valence-corrected chi connectivity index (χ3v) is 2.45. The first-order chi connectivity index (χ1) is 8.81. The average Bonchev–Trinajstić information content (AvgIpc) is 2.38. The second-order valence-electron chi connectivity index (χ2n) is 3.60. The van der Waals surface area contributed by atoms with E-state index in [4.69, 9.17) is 0 Å². The monoisotopic (exact) mass is 276 g/mol. The molecule has 0 heterocycles. The molecule has 0 aromatic heterocycles. The van der Waals surface area contributed by atoms with Crippen molar-refractivity contribution < 1.29 is 32.2 Å². The summed E-state index contributed by atoms with van der Waals surface area (Å²) in [4.78, 5) is 22.9. The molecule has 0 N–H and O–H groups in total. The van der Waals surface area contributed by atoms with Crippen LogP contribution in [0.2, 0.25) is 0 Å². The summed E-state index contributed by atoms with van der Waals surface area (Å²) >= 11 is 0. The Kier molecular flexibility index (Phi) is 4.52. The van der Waals surface area contributed by atoms with Crippen molar-refractivity contribution in [2.75, 3.05) is 14.2 Å². The van der Waals surface area contributed by atoms with Crippen LogP contribution in [0.5, 0.6) is 0 Å². The summed E-state index contributed by atoms with van der Waals surface area (Å²) in [6, 6.07) is 3.66. The zero-order valence-electron chi connectivity index (χ0n) is 10.2. The van der Waals surface area contributed by atoms with E-state index in [2.05, 4.69) is 9.47 Å². The highest BCUT2D eigenvalue weighted by Crippen LogP contribution is 2.30. The van der Waals surface area contributed by atoms with E-state index in [0.717, 1.165) is 38.5 Å². The number of benzene rings is 1. The Morgan fingerprint density at radius 3 is 1.74 bits per heavy atom. The maximum Gasteiger partial charge on any atom is 0.416 e. The van der Waals surface area contributed by atoms with Crippen LogP contribution in [0, 0.1) is 0 Å². The first-order valence-electron chi connectivity index (χ1n) is 5.14. The van der Waals surface area contributed by atoms with Crippen molar-refractivity contribution in [3.8, 4) is 0 Å². The van der Waals surface area contributed by atoms with Crippen molar-refractivity contribution in [1.29, 1.82) is 0 Å². The molecule has 0 radical (unpaired) electrons. The molecule has 0 spiro atoms. The molecule has 1 aromatic carbocycles. The number of hydrogen-bond donors (Lipinski definition) is 0. The molecule has 0 aliphatic carbocycles. The fourth-order valence-electron chi connectivity index (χ4n) is 1.47. The minimum atomic E-state index is -4.48. The van der Waals surface area contributed by atoms with E-state index >= 15 is 0 Å². The lowest BCUT2D eigenvalue weighted by Crippen LogP contribution is -2.24. The smallest absolute Gasteiger partial charge is 0.416 e. The van der Waals surface area contributed by atoms with Crippen molar-refractivity contribution in [3.05, 3.63) is 35.4 Å². The van der Waals surface area contributed by atoms with Gasteiger partial charge < -0.3 is 9.47 Å². The lowest BCUT2D eigenvalue weighted by atomic mass is 9.98. The highest BCUT2D eigenvalue weighted by Gasteiger charge is 2.33. The third kappa shape index (κ3) is 3.46. The topological polar surface area (TPSA) is 52.6 Å². The molecule has 104 valence electrons. The van der Waals surface area contributed by atoms with Gasteiger partial charge in [0.25, 0.3) is 0 Å². The Morgan fingerprint density at radius 2 is 1.42 bits per heavy atom. The molecule has 1 aromatic rings. The van der Waals surface area contributed by atoms with E-state index < -0.39 is 29.6 Å². The van der Waals surface area contributed by atoms with E-state index in [-0.39, 0.29) is 5.56 Å². The molecule has 19 heavy (non-hydrogen) atoms. The summed E-state index contributed by atoms with van der Waals surface area (Å²) < 4.78 is 46.0. The Hall–Kier alpha value is -2.05. The van der Waals surface area contributed by atoms with E-state index in [1.165, 1.54) is 0 Å². The van der Waals surface area contributed by atoms with Gasteiger partial charge in [-0.15, -0.1) is 0 Å². The van der Waals surface area contributed by atoms with Gasteiger partial charge in [-0.25, -0.2) is 0 Å². The normalized spacial score (nSPS) is 11.3. The van der Waals surface area contributed by atoms with E-state index in [9.17, 15) is 22.8 Å². The van der Waals surface area contributed by atoms with Gasteiger partial charge in [-0.05, 0) is 17.7 Å². The zero-order valence-corrected chi connectivity index (χ0v) is 10.2. The van der Waals surface area contributed by atoms with Gasteiger partial charge >= 0.3 is 18.1 Å². The highest BCUT2D eigenvalue weighted by molar-refractivity contribution is 6.00. The number of esters is 2. The summed E-state index contributed by atoms with van der Waals surface area (Å²) in [5, 5.41) is 0. The summed E-state index contributed by atoms with van der Waals surface area (Å²) in [7, 11) is 2.14. The number of methoxy groups -OCH3 is 2. The lowest BCUT2D eigenvalue weighted by molar-refractivity contribution is -0.154. The van der Waals surface area contributed by atoms with Gasteiger partial charge in [0.1, 0.15) is 0 Å². The molecule has 0 fully saturated rings. The maximum atomic E-state index is 12.4. The standard InChI is InChI=1S/C12H11F3O4/c1-18-10(16)9(11(17)19-2)7-3-5-8(6-4-7)12(13,14)15/h3-6,9H,1-2H3. The highest BCUT2D eigenvalue weighted by atomic mass is 19.4. The molecular weight excluding hydrogens is 265 g/mol. The Balaban J connectivity index is 3.11. The molecule has 0 saturated heterocycles. The molecule has 0 bridgehead atoms. The summed E-state index contributed by atoms with van der Waals surface area (Å²) in [6.45, 7) is 0. The van der Waals surface area contributed by atoms with Crippen LogP contribution < -0.4 is 0 Å². The van der Waals surface area contributed by atoms with Crippen LogP contribution in [-0.2, 0) is 25.2 Å². The van der Waals surface area contributed by atoms with Crippen LogP contribution in [-0.4, -0.2) is 26.2 Å². The number of carbonyl (C=O) groups excluding carboxylic acids is 2. The van der Waals surface area contributed by atoms with Gasteiger partial charge in [0, 0.05) is 0 Å². The third-order valence-electron chi connectivity index (χ3n) is 2.45. The van der Waals surface area contributed by atoms with Crippen molar-refractivity contribution in [1.82, 2.24) is 0 Å². The van der Waals surface area contributed by atoms with E-state index in [1.807, 2.05) is 0 Å². The fourth-order valence-corrected chi connectivity index (χ4v) is 1.47. The zero-order chi connectivity index (χ0) is 14.6. The molecular formula is C12H11F3O4. The molecule has 4 nitrogen and oxygen atoms in total. The quantitative estimate of drug-likeness (QED) is 0.627. The summed E-state index contributed by atoms with van der Waals surface area (Å²) in [6.07, 6.45) is -4.48. The van der Waals surface area contributed by atoms with Gasteiger partial charge in [0.15, 0.2) is 5.92 Å². The minimum absolute atomic E-state index is 0.0756. The molecule has 1 rings (SSSR count). The van der Waals surface area contributed by atoms with Crippen LogP contribution in [0.15, 0.2) is 24.3 Å². The number of rotatable bonds is 3. The van der Waals surface area contributed by atoms with Crippen molar-refractivity contribution in [3.63, 3.8) is 0 Å². The molecule has 0 atom stereocenters. The van der Waals surface area contributed by atoms with Crippen molar-refractivity contribution >= 4 is 11.9 Å². The number of carbonyl (C=O) groups is 2. The largest absolute Gasteiger partial charge is 0.468 e. The molecule has 7 heteroatoms. The van der Waals surface area contributed by atoms with Crippen LogP contribution in [0.25, 0.3) is 0 Å². The lowest BCUT2D eigenvalue weighted by Gasteiger charge is -2.13. The first kappa shape index (κ1) is 15.0. The number of ether oxygens (including phenoxy) is 2. The van der Waals surface area contributed by atoms with Gasteiger partial charge in [-0.2, -0.15) is 13.2 Å². The van der Waals surface area contributed by atoms with E-state index in [0.29, 0.717) is 0 Å². The number of hydrogen-bond acceptors (Lipinski definition) is 4. The Morgan fingerprint density at radius 1 is 1.00 bits per heavy atom. The average molecular weight is 276 g/mol. The Labute approximate surface area is 107 Å². The van der Waals surface area contributed by atoms with Crippen LogP contribution in [0.4, 0.5) is 13.2 Å². The maximum absolute atomic E-state index is 12.4. The van der Waals surface area contributed by atoms with Crippen molar-refractivity contribution in [2.45, 2.75) is 12.1 Å². The molecule has 0 amide bonds.